The number of rotatable bonds is 6. The van der Waals surface area contributed by atoms with Gasteiger partial charge < -0.3 is 4.90 Å². The highest BCUT2D eigenvalue weighted by Gasteiger charge is 2.31. The van der Waals surface area contributed by atoms with Crippen LogP contribution in [-0.2, 0) is 27.7 Å². The average Bonchev–Trinajstić information content (AvgIpc) is 3.44. The molecule has 1 amide bonds. The molecule has 2 aliphatic heterocycles. The lowest BCUT2D eigenvalue weighted by Crippen LogP contribution is -2.37. The van der Waals surface area contributed by atoms with Crippen molar-refractivity contribution in [2.24, 2.45) is 0 Å². The number of sulfonamides is 1. The van der Waals surface area contributed by atoms with Gasteiger partial charge in [-0.1, -0.05) is 30.3 Å². The predicted molar refractivity (Wildman–Crippen MR) is 111 cm³/mol. The van der Waals surface area contributed by atoms with Crippen molar-refractivity contribution in [2.75, 3.05) is 19.6 Å². The van der Waals surface area contributed by atoms with Gasteiger partial charge in [-0.05, 0) is 49.8 Å². The van der Waals surface area contributed by atoms with Crippen molar-refractivity contribution in [3.8, 4) is 0 Å². The molecule has 2 aliphatic rings. The molecule has 2 saturated heterocycles. The Morgan fingerprint density at radius 1 is 1.00 bits per heavy atom. The first-order valence-corrected chi connectivity index (χ1v) is 12.2. The van der Waals surface area contributed by atoms with Gasteiger partial charge in [0.2, 0.25) is 5.91 Å². The molecule has 7 heteroatoms. The topological polar surface area (TPSA) is 57.7 Å². The summed E-state index contributed by atoms with van der Waals surface area (Å²) in [6, 6.07) is 14.0. The third kappa shape index (κ3) is 4.16. The molecule has 28 heavy (non-hydrogen) atoms. The zero-order chi connectivity index (χ0) is 19.6. The lowest BCUT2D eigenvalue weighted by atomic mass is 10.0. The number of hydrogen-bond acceptors (Lipinski definition) is 4. The van der Waals surface area contributed by atoms with Crippen LogP contribution in [0.4, 0.5) is 0 Å². The first-order valence-electron chi connectivity index (χ1n) is 9.96. The standard InChI is InChI=1S/C21H26N2O3S2/c24-20(23-14-6-9-18(23)15-17-7-2-1-3-8-17)16-19-10-11-21(27-19)28(25,26)22-12-4-5-13-22/h1-3,7-8,10-11,18H,4-6,9,12-16H2. The van der Waals surface area contributed by atoms with Crippen molar-refractivity contribution >= 4 is 27.3 Å². The molecule has 5 nitrogen and oxygen atoms in total. The molecule has 0 radical (unpaired) electrons. The summed E-state index contributed by atoms with van der Waals surface area (Å²) in [7, 11) is -3.40. The summed E-state index contributed by atoms with van der Waals surface area (Å²) in [5.41, 5.74) is 1.25. The van der Waals surface area contributed by atoms with Crippen molar-refractivity contribution < 1.29 is 13.2 Å². The Labute approximate surface area is 171 Å². The first kappa shape index (κ1) is 19.6. The van der Waals surface area contributed by atoms with Crippen molar-refractivity contribution in [1.82, 2.24) is 9.21 Å². The van der Waals surface area contributed by atoms with Crippen molar-refractivity contribution in [1.29, 1.82) is 0 Å². The molecule has 0 spiro atoms. The van der Waals surface area contributed by atoms with Gasteiger partial charge in [-0.15, -0.1) is 11.3 Å². The van der Waals surface area contributed by atoms with Crippen molar-refractivity contribution in [3.63, 3.8) is 0 Å². The average molecular weight is 419 g/mol. The van der Waals surface area contributed by atoms with Crippen LogP contribution in [0.1, 0.15) is 36.1 Å². The Bertz CT molecular complexity index is 918. The third-order valence-corrected chi connectivity index (χ3v) is 9.08. The maximum Gasteiger partial charge on any atom is 0.252 e. The summed E-state index contributed by atoms with van der Waals surface area (Å²) < 4.78 is 27.3. The number of thiophene rings is 1. The van der Waals surface area contributed by atoms with E-state index in [0.717, 1.165) is 43.5 Å². The Hall–Kier alpha value is -1.70. The monoisotopic (exact) mass is 418 g/mol. The molecule has 1 atom stereocenters. The number of nitrogens with zero attached hydrogens (tertiary/aromatic N) is 2. The molecule has 0 aliphatic carbocycles. The number of amides is 1. The van der Waals surface area contributed by atoms with E-state index in [-0.39, 0.29) is 18.4 Å². The zero-order valence-corrected chi connectivity index (χ0v) is 17.6. The van der Waals surface area contributed by atoms with Crippen LogP contribution in [-0.4, -0.2) is 49.2 Å². The lowest BCUT2D eigenvalue weighted by Gasteiger charge is -2.24. The highest BCUT2D eigenvalue weighted by molar-refractivity contribution is 7.91. The molecule has 0 saturated carbocycles. The fourth-order valence-electron chi connectivity index (χ4n) is 4.16. The molecule has 0 bridgehead atoms. The number of hydrogen-bond donors (Lipinski definition) is 0. The minimum atomic E-state index is -3.40. The molecule has 1 aromatic heterocycles. The van der Waals surface area contributed by atoms with Crippen LogP contribution >= 0.6 is 11.3 Å². The highest BCUT2D eigenvalue weighted by Crippen LogP contribution is 2.29. The van der Waals surface area contributed by atoms with Gasteiger partial charge >= 0.3 is 0 Å². The summed E-state index contributed by atoms with van der Waals surface area (Å²) >= 11 is 1.24. The molecule has 2 aromatic rings. The first-order chi connectivity index (χ1) is 13.5. The molecule has 3 heterocycles. The fourth-order valence-corrected chi connectivity index (χ4v) is 7.18. The molecule has 1 unspecified atom stereocenters. The molecule has 1 aromatic carbocycles. The van der Waals surface area contributed by atoms with E-state index in [9.17, 15) is 13.2 Å². The lowest BCUT2D eigenvalue weighted by molar-refractivity contribution is -0.131. The van der Waals surface area contributed by atoms with Crippen LogP contribution < -0.4 is 0 Å². The van der Waals surface area contributed by atoms with Gasteiger partial charge in [0.25, 0.3) is 10.0 Å². The molecule has 150 valence electrons. The summed E-state index contributed by atoms with van der Waals surface area (Å²) in [4.78, 5) is 15.7. The van der Waals surface area contributed by atoms with E-state index < -0.39 is 10.0 Å². The third-order valence-electron chi connectivity index (χ3n) is 5.63. The van der Waals surface area contributed by atoms with Gasteiger partial charge in [-0.3, -0.25) is 4.79 Å². The summed E-state index contributed by atoms with van der Waals surface area (Å²) in [6.07, 6.45) is 5.07. The fraction of sp³-hybridized carbons (Fsp3) is 0.476. The van der Waals surface area contributed by atoms with Gasteiger partial charge in [-0.25, -0.2) is 8.42 Å². The largest absolute Gasteiger partial charge is 0.339 e. The van der Waals surface area contributed by atoms with Crippen LogP contribution in [0.3, 0.4) is 0 Å². The van der Waals surface area contributed by atoms with E-state index in [1.807, 2.05) is 23.1 Å². The molecule has 2 fully saturated rings. The van der Waals surface area contributed by atoms with Crippen LogP contribution in [0.5, 0.6) is 0 Å². The summed E-state index contributed by atoms with van der Waals surface area (Å²) in [6.45, 7) is 1.99. The van der Waals surface area contributed by atoms with Gasteiger partial charge in [0.15, 0.2) is 0 Å². The van der Waals surface area contributed by atoms with Gasteiger partial charge in [-0.2, -0.15) is 4.31 Å². The second-order valence-electron chi connectivity index (χ2n) is 7.58. The van der Waals surface area contributed by atoms with E-state index in [0.29, 0.717) is 17.3 Å². The van der Waals surface area contributed by atoms with Crippen molar-refractivity contribution in [2.45, 2.75) is 48.8 Å². The number of benzene rings is 1. The van der Waals surface area contributed by atoms with Gasteiger partial charge in [0.05, 0.1) is 6.42 Å². The maximum atomic E-state index is 12.9. The van der Waals surface area contributed by atoms with Crippen molar-refractivity contribution in [3.05, 3.63) is 52.9 Å². The SMILES string of the molecule is O=C(Cc1ccc(S(=O)(=O)N2CCCC2)s1)N1CCCC1Cc1ccccc1. The predicted octanol–water partition coefficient (Wildman–Crippen LogP) is 3.31. The Balaban J connectivity index is 1.41. The zero-order valence-electron chi connectivity index (χ0n) is 15.9. The number of carbonyl (C=O) groups is 1. The van der Waals surface area contributed by atoms with Crippen LogP contribution in [0.15, 0.2) is 46.7 Å². The molecular weight excluding hydrogens is 392 g/mol. The molecule has 0 N–H and O–H groups in total. The molecule has 4 rings (SSSR count). The van der Waals surface area contributed by atoms with Gasteiger partial charge in [0, 0.05) is 30.6 Å². The minimum absolute atomic E-state index is 0.102. The van der Waals surface area contributed by atoms with Crippen LogP contribution in [0.2, 0.25) is 0 Å². The highest BCUT2D eigenvalue weighted by atomic mass is 32.2. The minimum Gasteiger partial charge on any atom is -0.339 e. The van der Waals surface area contributed by atoms with Crippen LogP contribution in [0.25, 0.3) is 0 Å². The molecular formula is C21H26N2O3S2. The Morgan fingerprint density at radius 3 is 2.50 bits per heavy atom. The van der Waals surface area contributed by atoms with E-state index in [1.54, 1.807) is 16.4 Å². The second-order valence-corrected chi connectivity index (χ2v) is 10.9. The normalized spacial score (nSPS) is 20.7. The second kappa shape index (κ2) is 8.35. The number of likely N-dealkylation sites (tertiary alicyclic amines) is 1. The van der Waals surface area contributed by atoms with E-state index >= 15 is 0 Å². The number of carbonyl (C=O) groups excluding carboxylic acids is 1. The van der Waals surface area contributed by atoms with E-state index in [4.69, 9.17) is 0 Å². The quantitative estimate of drug-likeness (QED) is 0.723. The smallest absolute Gasteiger partial charge is 0.252 e. The summed E-state index contributed by atoms with van der Waals surface area (Å²) in [5, 5.41) is 0. The van der Waals surface area contributed by atoms with Crippen LogP contribution in [0, 0.1) is 0 Å². The summed E-state index contributed by atoms with van der Waals surface area (Å²) in [5.74, 6) is 0.102. The van der Waals surface area contributed by atoms with E-state index in [1.165, 1.54) is 16.9 Å². The van der Waals surface area contributed by atoms with E-state index in [2.05, 4.69) is 12.1 Å². The van der Waals surface area contributed by atoms with Gasteiger partial charge in [0.1, 0.15) is 4.21 Å². The Morgan fingerprint density at radius 2 is 1.75 bits per heavy atom. The Kier molecular flexibility index (Phi) is 5.85. The maximum absolute atomic E-state index is 12.9.